The molecule has 0 saturated carbocycles. The second kappa shape index (κ2) is 11.1. The van der Waals surface area contributed by atoms with Gasteiger partial charge in [-0.3, -0.25) is 4.99 Å². The molecule has 1 saturated heterocycles. The number of hydrogen-bond acceptors (Lipinski definition) is 2. The first-order valence-corrected chi connectivity index (χ1v) is 9.31. The second-order valence-corrected chi connectivity index (χ2v) is 7.93. The molecule has 0 spiro atoms. The van der Waals surface area contributed by atoms with E-state index in [2.05, 4.69) is 36.4 Å². The van der Waals surface area contributed by atoms with Gasteiger partial charge in [0.05, 0.1) is 6.10 Å². The highest BCUT2D eigenvalue weighted by molar-refractivity contribution is 14.0. The smallest absolute Gasteiger partial charge is 0.190 e. The van der Waals surface area contributed by atoms with Gasteiger partial charge in [0.25, 0.3) is 0 Å². The van der Waals surface area contributed by atoms with Crippen LogP contribution in [0.4, 0.5) is 8.78 Å². The molecule has 1 aromatic rings. The Bertz CT molecular complexity index is 620. The molecule has 1 heterocycles. The Morgan fingerprint density at radius 3 is 2.67 bits per heavy atom. The van der Waals surface area contributed by atoms with Gasteiger partial charge >= 0.3 is 0 Å². The van der Waals surface area contributed by atoms with Crippen molar-refractivity contribution in [1.82, 2.24) is 10.6 Å². The minimum Gasteiger partial charge on any atom is -0.377 e. The van der Waals surface area contributed by atoms with Crippen molar-refractivity contribution in [2.45, 2.75) is 46.1 Å². The van der Waals surface area contributed by atoms with Crippen LogP contribution in [-0.2, 0) is 11.2 Å². The zero-order valence-corrected chi connectivity index (χ0v) is 19.0. The molecule has 2 N–H and O–H groups in total. The van der Waals surface area contributed by atoms with Crippen LogP contribution in [0.3, 0.4) is 0 Å². The van der Waals surface area contributed by atoms with Gasteiger partial charge in [0.15, 0.2) is 5.96 Å². The molecule has 7 heteroatoms. The maximum Gasteiger partial charge on any atom is 0.190 e. The molecule has 0 aliphatic carbocycles. The molecule has 0 bridgehead atoms. The zero-order chi connectivity index (χ0) is 19.2. The van der Waals surface area contributed by atoms with E-state index in [1.165, 1.54) is 6.07 Å². The number of halogens is 3. The molecule has 1 aromatic carbocycles. The first-order valence-electron chi connectivity index (χ1n) is 9.31. The fraction of sp³-hybridized carbons (Fsp3) is 0.650. The summed E-state index contributed by atoms with van der Waals surface area (Å²) in [5.41, 5.74) is 0.458. The summed E-state index contributed by atoms with van der Waals surface area (Å²) in [5, 5.41) is 6.51. The van der Waals surface area contributed by atoms with Gasteiger partial charge in [-0.1, -0.05) is 20.8 Å². The number of rotatable bonds is 5. The average molecular weight is 495 g/mol. The van der Waals surface area contributed by atoms with E-state index < -0.39 is 5.82 Å². The fourth-order valence-electron chi connectivity index (χ4n) is 3.51. The van der Waals surface area contributed by atoms with Crippen LogP contribution in [-0.4, -0.2) is 38.8 Å². The van der Waals surface area contributed by atoms with E-state index in [1.54, 1.807) is 7.05 Å². The van der Waals surface area contributed by atoms with Crippen LogP contribution in [0.25, 0.3) is 0 Å². The van der Waals surface area contributed by atoms with Crippen molar-refractivity contribution in [3.05, 3.63) is 35.4 Å². The maximum absolute atomic E-state index is 13.7. The summed E-state index contributed by atoms with van der Waals surface area (Å²) in [6, 6.07) is 3.53. The third-order valence-corrected chi connectivity index (χ3v) is 4.75. The van der Waals surface area contributed by atoms with Crippen LogP contribution in [0.2, 0.25) is 0 Å². The van der Waals surface area contributed by atoms with Crippen molar-refractivity contribution < 1.29 is 13.5 Å². The lowest BCUT2D eigenvalue weighted by molar-refractivity contribution is -0.0835. The molecule has 27 heavy (non-hydrogen) atoms. The normalized spacial score (nSPS) is 20.7. The lowest BCUT2D eigenvalue weighted by atomic mass is 9.78. The van der Waals surface area contributed by atoms with E-state index in [0.717, 1.165) is 38.1 Å². The summed E-state index contributed by atoms with van der Waals surface area (Å²) in [4.78, 5) is 4.22. The van der Waals surface area contributed by atoms with Crippen molar-refractivity contribution >= 4 is 29.9 Å². The van der Waals surface area contributed by atoms with Gasteiger partial charge in [0.1, 0.15) is 11.6 Å². The van der Waals surface area contributed by atoms with Gasteiger partial charge in [-0.05, 0) is 48.4 Å². The Balaban J connectivity index is 0.00000364. The lowest BCUT2D eigenvalue weighted by Crippen LogP contribution is -2.47. The molecule has 4 nitrogen and oxygen atoms in total. The van der Waals surface area contributed by atoms with Crippen LogP contribution >= 0.6 is 24.0 Å². The zero-order valence-electron chi connectivity index (χ0n) is 16.6. The number of hydrogen-bond donors (Lipinski definition) is 2. The first kappa shape index (κ1) is 24.1. The predicted molar refractivity (Wildman–Crippen MR) is 117 cm³/mol. The maximum atomic E-state index is 13.7. The summed E-state index contributed by atoms with van der Waals surface area (Å²) >= 11 is 0. The SMILES string of the molecule is CN=C(NCCc1cc(F)ccc1F)NCC1CCCOC1C(C)(C)C.I. The van der Waals surface area contributed by atoms with Gasteiger partial charge < -0.3 is 15.4 Å². The van der Waals surface area contributed by atoms with Gasteiger partial charge in [-0.15, -0.1) is 24.0 Å². The summed E-state index contributed by atoms with van der Waals surface area (Å²) in [6.07, 6.45) is 2.80. The van der Waals surface area contributed by atoms with E-state index in [4.69, 9.17) is 4.74 Å². The van der Waals surface area contributed by atoms with Crippen LogP contribution in [0.15, 0.2) is 23.2 Å². The summed E-state index contributed by atoms with van der Waals surface area (Å²) in [7, 11) is 1.71. The largest absolute Gasteiger partial charge is 0.377 e. The third-order valence-electron chi connectivity index (χ3n) is 4.75. The molecule has 0 radical (unpaired) electrons. The summed E-state index contributed by atoms with van der Waals surface area (Å²) < 4.78 is 32.9. The van der Waals surface area contributed by atoms with Crippen molar-refractivity contribution in [2.24, 2.45) is 16.3 Å². The molecule has 2 unspecified atom stereocenters. The van der Waals surface area contributed by atoms with E-state index in [0.29, 0.717) is 30.4 Å². The topological polar surface area (TPSA) is 45.7 Å². The number of ether oxygens (including phenoxy) is 1. The van der Waals surface area contributed by atoms with Gasteiger partial charge in [-0.2, -0.15) is 0 Å². The fourth-order valence-corrected chi connectivity index (χ4v) is 3.51. The van der Waals surface area contributed by atoms with Crippen molar-refractivity contribution in [3.63, 3.8) is 0 Å². The third kappa shape index (κ3) is 7.52. The lowest BCUT2D eigenvalue weighted by Gasteiger charge is -2.40. The molecule has 2 rings (SSSR count). The van der Waals surface area contributed by atoms with Crippen molar-refractivity contribution in [1.29, 1.82) is 0 Å². The van der Waals surface area contributed by atoms with E-state index >= 15 is 0 Å². The first-order chi connectivity index (χ1) is 12.3. The predicted octanol–water partition coefficient (Wildman–Crippen LogP) is 4.13. The Hall–Kier alpha value is -0.960. The molecule has 0 amide bonds. The standard InChI is InChI=1S/C20H31F2N3O.HI/c1-20(2,3)18-15(6-5-11-26-18)13-25-19(23-4)24-10-9-14-12-16(21)7-8-17(14)22;/h7-8,12,15,18H,5-6,9-11,13H2,1-4H3,(H2,23,24,25);1H. The number of guanidine groups is 1. The van der Waals surface area contributed by atoms with Crippen LogP contribution < -0.4 is 10.6 Å². The van der Waals surface area contributed by atoms with E-state index in [1.807, 2.05) is 0 Å². The quantitative estimate of drug-likeness (QED) is 0.367. The highest BCUT2D eigenvalue weighted by atomic mass is 127. The summed E-state index contributed by atoms with van der Waals surface area (Å²) in [5.74, 6) is 0.279. The van der Waals surface area contributed by atoms with Gasteiger partial charge in [0, 0.05) is 32.7 Å². The van der Waals surface area contributed by atoms with Crippen LogP contribution in [0.5, 0.6) is 0 Å². The van der Waals surface area contributed by atoms with Gasteiger partial charge in [-0.25, -0.2) is 8.78 Å². The molecular formula is C20H32F2IN3O. The number of benzene rings is 1. The molecule has 154 valence electrons. The Labute approximate surface area is 178 Å². The molecule has 1 aliphatic heterocycles. The molecule has 1 aliphatic rings. The molecule has 1 fully saturated rings. The number of aliphatic imine (C=N–C) groups is 1. The van der Waals surface area contributed by atoms with Gasteiger partial charge in [0.2, 0.25) is 0 Å². The monoisotopic (exact) mass is 495 g/mol. The minimum absolute atomic E-state index is 0. The molecule has 0 aromatic heterocycles. The molecular weight excluding hydrogens is 463 g/mol. The highest BCUT2D eigenvalue weighted by Gasteiger charge is 2.35. The number of nitrogens with zero attached hydrogens (tertiary/aromatic N) is 1. The van der Waals surface area contributed by atoms with Crippen molar-refractivity contribution in [3.8, 4) is 0 Å². The average Bonchev–Trinajstić information content (AvgIpc) is 2.60. The second-order valence-electron chi connectivity index (χ2n) is 7.93. The van der Waals surface area contributed by atoms with Crippen LogP contribution in [0.1, 0.15) is 39.2 Å². The Morgan fingerprint density at radius 1 is 1.26 bits per heavy atom. The van der Waals surface area contributed by atoms with Crippen LogP contribution in [0, 0.1) is 23.0 Å². The Morgan fingerprint density at radius 2 is 2.00 bits per heavy atom. The molecule has 2 atom stereocenters. The Kier molecular flexibility index (Phi) is 9.94. The highest BCUT2D eigenvalue weighted by Crippen LogP contribution is 2.33. The summed E-state index contributed by atoms with van der Waals surface area (Å²) in [6.45, 7) is 8.69. The number of nitrogens with one attached hydrogen (secondary N) is 2. The minimum atomic E-state index is -0.422. The van der Waals surface area contributed by atoms with E-state index in [-0.39, 0.29) is 41.3 Å². The van der Waals surface area contributed by atoms with E-state index in [9.17, 15) is 8.78 Å². The van der Waals surface area contributed by atoms with Crippen molar-refractivity contribution in [2.75, 3.05) is 26.7 Å².